The van der Waals surface area contributed by atoms with Gasteiger partial charge in [-0.1, -0.05) is 0 Å². The van der Waals surface area contributed by atoms with E-state index >= 15 is 0 Å². The molecule has 2 aromatic rings. The molecule has 1 fully saturated rings. The van der Waals surface area contributed by atoms with Gasteiger partial charge in [0, 0.05) is 24.0 Å². The zero-order chi connectivity index (χ0) is 19.6. The summed E-state index contributed by atoms with van der Waals surface area (Å²) in [5.74, 6) is -1.61. The SMILES string of the molecule is CN(C(=O)COC(=O)c1csc(-c2ccc(F)cc2)n1)[C@@H]1CCS(=O)(=O)C1. The van der Waals surface area contributed by atoms with Crippen LogP contribution in [0.5, 0.6) is 0 Å². The van der Waals surface area contributed by atoms with E-state index in [-0.39, 0.29) is 23.0 Å². The molecule has 144 valence electrons. The predicted octanol–water partition coefficient (Wildman–Crippen LogP) is 1.75. The number of nitrogens with zero attached hydrogens (tertiary/aromatic N) is 2. The second-order valence-electron chi connectivity index (χ2n) is 6.18. The van der Waals surface area contributed by atoms with E-state index in [4.69, 9.17) is 4.74 Å². The van der Waals surface area contributed by atoms with Gasteiger partial charge in [-0.25, -0.2) is 22.6 Å². The highest BCUT2D eigenvalue weighted by Gasteiger charge is 2.33. The van der Waals surface area contributed by atoms with Crippen molar-refractivity contribution < 1.29 is 27.1 Å². The third-order valence-electron chi connectivity index (χ3n) is 4.28. The van der Waals surface area contributed by atoms with Crippen molar-refractivity contribution in [1.82, 2.24) is 9.88 Å². The second-order valence-corrected chi connectivity index (χ2v) is 9.27. The number of sulfone groups is 1. The Morgan fingerprint density at radius 3 is 2.67 bits per heavy atom. The minimum atomic E-state index is -3.11. The molecule has 1 aliphatic heterocycles. The molecule has 3 rings (SSSR count). The zero-order valence-corrected chi connectivity index (χ0v) is 16.1. The summed E-state index contributed by atoms with van der Waals surface area (Å²) in [6, 6.07) is 5.30. The molecule has 0 radical (unpaired) electrons. The molecule has 0 unspecified atom stereocenters. The fraction of sp³-hybridized carbons (Fsp3) is 0.353. The molecule has 0 aliphatic carbocycles. The first-order valence-electron chi connectivity index (χ1n) is 8.10. The monoisotopic (exact) mass is 412 g/mol. The topological polar surface area (TPSA) is 93.6 Å². The van der Waals surface area contributed by atoms with Crippen molar-refractivity contribution in [3.05, 3.63) is 41.2 Å². The number of hydrogen-bond donors (Lipinski definition) is 0. The van der Waals surface area contributed by atoms with Crippen LogP contribution in [-0.2, 0) is 19.4 Å². The minimum Gasteiger partial charge on any atom is -0.451 e. The molecular weight excluding hydrogens is 395 g/mol. The van der Waals surface area contributed by atoms with Crippen LogP contribution < -0.4 is 0 Å². The molecule has 0 saturated carbocycles. The Labute approximate surface area is 159 Å². The molecule has 7 nitrogen and oxygen atoms in total. The number of hydrogen-bond acceptors (Lipinski definition) is 7. The molecule has 1 aliphatic rings. The smallest absolute Gasteiger partial charge is 0.358 e. The third-order valence-corrected chi connectivity index (χ3v) is 6.92. The number of benzene rings is 1. The summed E-state index contributed by atoms with van der Waals surface area (Å²) >= 11 is 1.20. The van der Waals surface area contributed by atoms with Gasteiger partial charge < -0.3 is 9.64 Å². The lowest BCUT2D eigenvalue weighted by Gasteiger charge is -2.22. The van der Waals surface area contributed by atoms with Crippen LogP contribution in [0.25, 0.3) is 10.6 Å². The maximum absolute atomic E-state index is 13.0. The summed E-state index contributed by atoms with van der Waals surface area (Å²) in [4.78, 5) is 29.7. The molecule has 2 heterocycles. The zero-order valence-electron chi connectivity index (χ0n) is 14.4. The van der Waals surface area contributed by atoms with E-state index < -0.39 is 34.4 Å². The molecule has 1 saturated heterocycles. The van der Waals surface area contributed by atoms with E-state index in [9.17, 15) is 22.4 Å². The molecule has 10 heteroatoms. The number of rotatable bonds is 5. The summed E-state index contributed by atoms with van der Waals surface area (Å²) in [6.45, 7) is -0.491. The van der Waals surface area contributed by atoms with Crippen molar-refractivity contribution in [3.8, 4) is 10.6 Å². The van der Waals surface area contributed by atoms with Crippen LogP contribution in [0.1, 0.15) is 16.9 Å². The van der Waals surface area contributed by atoms with Crippen LogP contribution >= 0.6 is 11.3 Å². The van der Waals surface area contributed by atoms with Crippen LogP contribution in [-0.4, -0.2) is 61.4 Å². The fourth-order valence-corrected chi connectivity index (χ4v) is 5.25. The minimum absolute atomic E-state index is 0.0539. The number of thiazole rings is 1. The highest BCUT2D eigenvalue weighted by molar-refractivity contribution is 7.91. The summed E-state index contributed by atoms with van der Waals surface area (Å²) in [7, 11) is -1.61. The molecule has 1 aromatic carbocycles. The van der Waals surface area contributed by atoms with Crippen molar-refractivity contribution in [2.24, 2.45) is 0 Å². The van der Waals surface area contributed by atoms with Gasteiger partial charge in [-0.05, 0) is 30.7 Å². The van der Waals surface area contributed by atoms with Gasteiger partial charge in [0.1, 0.15) is 10.8 Å². The fourth-order valence-electron chi connectivity index (χ4n) is 2.68. The largest absolute Gasteiger partial charge is 0.451 e. The maximum atomic E-state index is 13.0. The van der Waals surface area contributed by atoms with E-state index in [0.717, 1.165) is 0 Å². The summed E-state index contributed by atoms with van der Waals surface area (Å²) in [5, 5.41) is 2.03. The van der Waals surface area contributed by atoms with Crippen molar-refractivity contribution >= 4 is 33.1 Å². The van der Waals surface area contributed by atoms with Crippen molar-refractivity contribution in [2.45, 2.75) is 12.5 Å². The second kappa shape index (κ2) is 7.73. The van der Waals surface area contributed by atoms with Gasteiger partial charge >= 0.3 is 5.97 Å². The predicted molar refractivity (Wildman–Crippen MR) is 97.6 cm³/mol. The number of carbonyl (C=O) groups excluding carboxylic acids is 2. The van der Waals surface area contributed by atoms with Crippen LogP contribution in [0.15, 0.2) is 29.6 Å². The average Bonchev–Trinajstić information content (AvgIpc) is 3.26. The molecule has 27 heavy (non-hydrogen) atoms. The number of aromatic nitrogens is 1. The standard InChI is InChI=1S/C17H17FN2O5S2/c1-20(13-6-7-27(23,24)10-13)15(21)8-25-17(22)14-9-26-16(19-14)11-2-4-12(18)5-3-11/h2-5,9,13H,6-8,10H2,1H3/t13-/m1/s1. The number of carbonyl (C=O) groups is 2. The van der Waals surface area contributed by atoms with E-state index in [2.05, 4.69) is 4.98 Å². The van der Waals surface area contributed by atoms with Gasteiger partial charge in [0.05, 0.1) is 11.5 Å². The Kier molecular flexibility index (Phi) is 5.56. The van der Waals surface area contributed by atoms with Crippen LogP contribution in [0, 0.1) is 5.82 Å². The highest BCUT2D eigenvalue weighted by Crippen LogP contribution is 2.24. The van der Waals surface area contributed by atoms with E-state index in [1.807, 2.05) is 0 Å². The van der Waals surface area contributed by atoms with Gasteiger partial charge in [-0.15, -0.1) is 11.3 Å². The average molecular weight is 412 g/mol. The first-order chi connectivity index (χ1) is 12.7. The normalized spacial score (nSPS) is 18.2. The van der Waals surface area contributed by atoms with E-state index in [1.165, 1.54) is 40.8 Å². The molecule has 1 aromatic heterocycles. The van der Waals surface area contributed by atoms with Gasteiger partial charge in [0.2, 0.25) is 0 Å². The molecular formula is C17H17FN2O5S2. The number of amides is 1. The lowest BCUT2D eigenvalue weighted by atomic mass is 10.2. The van der Waals surface area contributed by atoms with Gasteiger partial charge in [0.15, 0.2) is 22.1 Å². The van der Waals surface area contributed by atoms with Gasteiger partial charge in [-0.3, -0.25) is 4.79 Å². The lowest BCUT2D eigenvalue weighted by molar-refractivity contribution is -0.134. The first-order valence-corrected chi connectivity index (χ1v) is 10.8. The summed E-state index contributed by atoms with van der Waals surface area (Å²) < 4.78 is 41.0. The van der Waals surface area contributed by atoms with Crippen molar-refractivity contribution in [2.75, 3.05) is 25.2 Å². The number of esters is 1. The highest BCUT2D eigenvalue weighted by atomic mass is 32.2. The van der Waals surface area contributed by atoms with Crippen LogP contribution in [0.2, 0.25) is 0 Å². The van der Waals surface area contributed by atoms with E-state index in [1.54, 1.807) is 12.1 Å². The Morgan fingerprint density at radius 1 is 1.33 bits per heavy atom. The lowest BCUT2D eigenvalue weighted by Crippen LogP contribution is -2.40. The Bertz CT molecular complexity index is 956. The molecule has 0 spiro atoms. The number of likely N-dealkylation sites (N-methyl/N-ethyl adjacent to an activating group) is 1. The summed E-state index contributed by atoms with van der Waals surface area (Å²) in [6.07, 6.45) is 0.381. The third kappa shape index (κ3) is 4.69. The van der Waals surface area contributed by atoms with Crippen LogP contribution in [0.3, 0.4) is 0 Å². The van der Waals surface area contributed by atoms with Gasteiger partial charge in [-0.2, -0.15) is 0 Å². The summed E-state index contributed by atoms with van der Waals surface area (Å²) in [5.41, 5.74) is 0.719. The molecule has 1 amide bonds. The Hall–Kier alpha value is -2.33. The molecule has 0 N–H and O–H groups in total. The Morgan fingerprint density at radius 2 is 2.04 bits per heavy atom. The molecule has 1 atom stereocenters. The van der Waals surface area contributed by atoms with Crippen molar-refractivity contribution in [1.29, 1.82) is 0 Å². The van der Waals surface area contributed by atoms with E-state index in [0.29, 0.717) is 17.0 Å². The quantitative estimate of drug-likeness (QED) is 0.695. The first kappa shape index (κ1) is 19.4. The van der Waals surface area contributed by atoms with Crippen molar-refractivity contribution in [3.63, 3.8) is 0 Å². The Balaban J connectivity index is 1.56. The molecule has 0 bridgehead atoms. The number of halogens is 1. The van der Waals surface area contributed by atoms with Crippen LogP contribution in [0.4, 0.5) is 4.39 Å². The maximum Gasteiger partial charge on any atom is 0.358 e. The number of ether oxygens (including phenoxy) is 1. The van der Waals surface area contributed by atoms with Gasteiger partial charge in [0.25, 0.3) is 5.91 Å².